The van der Waals surface area contributed by atoms with Gasteiger partial charge >= 0.3 is 0 Å². The number of para-hydroxylation sites is 2. The third-order valence-electron chi connectivity index (χ3n) is 2.67. The summed E-state index contributed by atoms with van der Waals surface area (Å²) in [5, 5.41) is 9.92. The molecule has 0 aliphatic carbocycles. The normalized spacial score (nSPS) is 10.2. The van der Waals surface area contributed by atoms with Gasteiger partial charge in [0.15, 0.2) is 0 Å². The Kier molecular flexibility index (Phi) is 3.69. The highest BCUT2D eigenvalue weighted by molar-refractivity contribution is 9.10. The lowest BCUT2D eigenvalue weighted by molar-refractivity contribution is 0.464. The van der Waals surface area contributed by atoms with Crippen LogP contribution in [0.2, 0.25) is 0 Å². The maximum absolute atomic E-state index is 9.92. The fraction of sp³-hybridized carbons (Fsp3) is 0.143. The number of phenols is 1. The molecule has 3 heteroatoms. The molecule has 0 fully saturated rings. The van der Waals surface area contributed by atoms with Crippen LogP contribution in [0, 0.1) is 0 Å². The number of anilines is 1. The van der Waals surface area contributed by atoms with Crippen LogP contribution in [-0.2, 0) is 6.54 Å². The summed E-state index contributed by atoms with van der Waals surface area (Å²) >= 11 is 3.32. The Morgan fingerprint density at radius 1 is 1.06 bits per heavy atom. The summed E-state index contributed by atoms with van der Waals surface area (Å²) in [6.45, 7) is 0.676. The molecule has 0 aliphatic rings. The number of phenolic OH excluding ortho intramolecular Hbond substituents is 1. The van der Waals surface area contributed by atoms with Crippen molar-refractivity contribution in [3.63, 3.8) is 0 Å². The standard InChI is InChI=1S/C14H14BrNO/c1-16(12-7-3-2-4-8-12)10-11-6-5-9-13(15)14(11)17/h2-9,17H,10H2,1H3. The topological polar surface area (TPSA) is 23.5 Å². The second-order valence-electron chi connectivity index (χ2n) is 3.94. The molecule has 2 aromatic rings. The van der Waals surface area contributed by atoms with Crippen LogP contribution in [0.5, 0.6) is 5.75 Å². The Morgan fingerprint density at radius 2 is 1.76 bits per heavy atom. The molecule has 17 heavy (non-hydrogen) atoms. The average Bonchev–Trinajstić information content (AvgIpc) is 2.36. The predicted octanol–water partition coefficient (Wildman–Crippen LogP) is 3.79. The van der Waals surface area contributed by atoms with Gasteiger partial charge in [-0.05, 0) is 34.1 Å². The first kappa shape index (κ1) is 12.0. The SMILES string of the molecule is CN(Cc1cccc(Br)c1O)c1ccccc1. The van der Waals surface area contributed by atoms with Crippen molar-refractivity contribution in [1.82, 2.24) is 0 Å². The number of nitrogens with zero attached hydrogens (tertiary/aromatic N) is 1. The second-order valence-corrected chi connectivity index (χ2v) is 4.79. The van der Waals surface area contributed by atoms with Crippen LogP contribution in [0.1, 0.15) is 5.56 Å². The van der Waals surface area contributed by atoms with Crippen molar-refractivity contribution < 1.29 is 5.11 Å². The minimum Gasteiger partial charge on any atom is -0.506 e. The molecule has 0 spiro atoms. The molecule has 0 saturated carbocycles. The van der Waals surface area contributed by atoms with E-state index in [1.807, 2.05) is 43.4 Å². The van der Waals surface area contributed by atoms with Gasteiger partial charge in [0.1, 0.15) is 5.75 Å². The van der Waals surface area contributed by atoms with Crippen molar-refractivity contribution >= 4 is 21.6 Å². The summed E-state index contributed by atoms with van der Waals surface area (Å²) in [7, 11) is 2.01. The van der Waals surface area contributed by atoms with Crippen LogP contribution >= 0.6 is 15.9 Å². The van der Waals surface area contributed by atoms with E-state index in [2.05, 4.69) is 33.0 Å². The third kappa shape index (κ3) is 2.80. The zero-order valence-electron chi connectivity index (χ0n) is 9.60. The highest BCUT2D eigenvalue weighted by atomic mass is 79.9. The number of aromatic hydroxyl groups is 1. The Bertz CT molecular complexity index is 499. The summed E-state index contributed by atoms with van der Waals surface area (Å²) in [6.07, 6.45) is 0. The van der Waals surface area contributed by atoms with E-state index in [9.17, 15) is 5.11 Å². The van der Waals surface area contributed by atoms with Crippen molar-refractivity contribution in [2.24, 2.45) is 0 Å². The van der Waals surface area contributed by atoms with Gasteiger partial charge in [0.05, 0.1) is 4.47 Å². The molecule has 0 radical (unpaired) electrons. The van der Waals surface area contributed by atoms with Crippen molar-refractivity contribution in [2.45, 2.75) is 6.54 Å². The third-order valence-corrected chi connectivity index (χ3v) is 3.31. The lowest BCUT2D eigenvalue weighted by Crippen LogP contribution is -2.16. The first-order valence-electron chi connectivity index (χ1n) is 5.41. The largest absolute Gasteiger partial charge is 0.506 e. The second kappa shape index (κ2) is 5.23. The van der Waals surface area contributed by atoms with Gasteiger partial charge in [-0.2, -0.15) is 0 Å². The van der Waals surface area contributed by atoms with Crippen molar-refractivity contribution in [2.75, 3.05) is 11.9 Å². The number of rotatable bonds is 3. The minimum absolute atomic E-state index is 0.315. The molecule has 0 bridgehead atoms. The Labute approximate surface area is 110 Å². The lowest BCUT2D eigenvalue weighted by Gasteiger charge is -2.20. The Morgan fingerprint density at radius 3 is 2.47 bits per heavy atom. The van der Waals surface area contributed by atoms with Crippen LogP contribution in [0.3, 0.4) is 0 Å². The van der Waals surface area contributed by atoms with Gasteiger partial charge in [0, 0.05) is 24.8 Å². The first-order valence-corrected chi connectivity index (χ1v) is 6.20. The highest BCUT2D eigenvalue weighted by Gasteiger charge is 2.07. The molecule has 0 aromatic heterocycles. The average molecular weight is 292 g/mol. The minimum atomic E-state index is 0.315. The fourth-order valence-electron chi connectivity index (χ4n) is 1.72. The molecule has 2 rings (SSSR count). The van der Waals surface area contributed by atoms with Crippen molar-refractivity contribution in [3.05, 3.63) is 58.6 Å². The molecular weight excluding hydrogens is 278 g/mol. The van der Waals surface area contributed by atoms with E-state index in [4.69, 9.17) is 0 Å². The maximum atomic E-state index is 9.92. The van der Waals surface area contributed by atoms with Gasteiger partial charge in [-0.25, -0.2) is 0 Å². The molecular formula is C14H14BrNO. The lowest BCUT2D eigenvalue weighted by atomic mass is 10.2. The molecule has 0 unspecified atom stereocenters. The van der Waals surface area contributed by atoms with Crippen molar-refractivity contribution in [1.29, 1.82) is 0 Å². The zero-order chi connectivity index (χ0) is 12.3. The van der Waals surface area contributed by atoms with E-state index < -0.39 is 0 Å². The van der Waals surface area contributed by atoms with Crippen LogP contribution < -0.4 is 4.90 Å². The summed E-state index contributed by atoms with van der Waals surface area (Å²) < 4.78 is 0.733. The van der Waals surface area contributed by atoms with Gasteiger partial charge in [-0.3, -0.25) is 0 Å². The predicted molar refractivity (Wildman–Crippen MR) is 74.4 cm³/mol. The van der Waals surface area contributed by atoms with E-state index in [1.165, 1.54) is 0 Å². The van der Waals surface area contributed by atoms with Gasteiger partial charge in [0.25, 0.3) is 0 Å². The Hall–Kier alpha value is -1.48. The highest BCUT2D eigenvalue weighted by Crippen LogP contribution is 2.29. The van der Waals surface area contributed by atoms with Gasteiger partial charge in [-0.15, -0.1) is 0 Å². The first-order chi connectivity index (χ1) is 8.18. The van der Waals surface area contributed by atoms with Gasteiger partial charge in [-0.1, -0.05) is 30.3 Å². The van der Waals surface area contributed by atoms with Crippen LogP contribution in [0.25, 0.3) is 0 Å². The fourth-order valence-corrected chi connectivity index (χ4v) is 2.12. The Balaban J connectivity index is 2.19. The quantitative estimate of drug-likeness (QED) is 0.930. The number of halogens is 1. The molecule has 0 saturated heterocycles. The summed E-state index contributed by atoms with van der Waals surface area (Å²) in [5.74, 6) is 0.315. The zero-order valence-corrected chi connectivity index (χ0v) is 11.2. The van der Waals surface area contributed by atoms with Crippen LogP contribution in [-0.4, -0.2) is 12.2 Å². The van der Waals surface area contributed by atoms with E-state index >= 15 is 0 Å². The molecule has 2 nitrogen and oxygen atoms in total. The summed E-state index contributed by atoms with van der Waals surface area (Å²) in [5.41, 5.74) is 2.04. The molecule has 0 aliphatic heterocycles. The number of hydrogen-bond acceptors (Lipinski definition) is 2. The van der Waals surface area contributed by atoms with E-state index in [-0.39, 0.29) is 0 Å². The summed E-state index contributed by atoms with van der Waals surface area (Å²) in [4.78, 5) is 2.10. The van der Waals surface area contributed by atoms with E-state index in [0.29, 0.717) is 12.3 Å². The molecule has 0 amide bonds. The summed E-state index contributed by atoms with van der Waals surface area (Å²) in [6, 6.07) is 15.8. The molecule has 2 aromatic carbocycles. The van der Waals surface area contributed by atoms with Gasteiger partial charge in [0.2, 0.25) is 0 Å². The van der Waals surface area contributed by atoms with E-state index in [0.717, 1.165) is 15.7 Å². The molecule has 88 valence electrons. The maximum Gasteiger partial charge on any atom is 0.134 e. The molecule has 1 N–H and O–H groups in total. The molecule has 0 atom stereocenters. The van der Waals surface area contributed by atoms with Crippen LogP contribution in [0.4, 0.5) is 5.69 Å². The monoisotopic (exact) mass is 291 g/mol. The number of hydrogen-bond donors (Lipinski definition) is 1. The van der Waals surface area contributed by atoms with Crippen molar-refractivity contribution in [3.8, 4) is 5.75 Å². The number of benzene rings is 2. The smallest absolute Gasteiger partial charge is 0.134 e. The van der Waals surface area contributed by atoms with Gasteiger partial charge < -0.3 is 10.0 Å². The molecule has 0 heterocycles. The van der Waals surface area contributed by atoms with E-state index in [1.54, 1.807) is 0 Å². The van der Waals surface area contributed by atoms with Crippen LogP contribution in [0.15, 0.2) is 53.0 Å².